The molecule has 2 rings (SSSR count). The molecule has 2 aromatic rings. The minimum Gasteiger partial charge on any atom is -0.337 e. The number of amides is 1. The summed E-state index contributed by atoms with van der Waals surface area (Å²) < 4.78 is 0. The molecule has 20 heavy (non-hydrogen) atoms. The molecule has 0 aromatic carbocycles. The number of nitrogens with zero attached hydrogens (tertiary/aromatic N) is 3. The second kappa shape index (κ2) is 6.12. The zero-order valence-corrected chi connectivity index (χ0v) is 11.5. The van der Waals surface area contributed by atoms with Crippen molar-refractivity contribution >= 4 is 11.6 Å². The van der Waals surface area contributed by atoms with E-state index in [1.807, 2.05) is 19.1 Å². The summed E-state index contributed by atoms with van der Waals surface area (Å²) in [6, 6.07) is 5.49. The molecule has 104 valence electrons. The predicted molar refractivity (Wildman–Crippen MR) is 76.8 cm³/mol. The van der Waals surface area contributed by atoms with Crippen LogP contribution in [0.2, 0.25) is 0 Å². The molecule has 0 aliphatic rings. The molecule has 0 atom stereocenters. The standard InChI is InChI=1S/C14H17N5O/c1-10-7-13(18-15)12(8-17-10)14(20)19(2)9-11-3-5-16-6-4-11/h3-8H,9,15H2,1-2H3,(H,17,18). The average Bonchev–Trinajstić information content (AvgIpc) is 2.47. The number of nitrogens with two attached hydrogens (primary N) is 1. The Kier molecular flexibility index (Phi) is 4.27. The number of hydrazine groups is 1. The molecule has 0 saturated heterocycles. The summed E-state index contributed by atoms with van der Waals surface area (Å²) >= 11 is 0. The first-order valence-electron chi connectivity index (χ1n) is 6.19. The minimum absolute atomic E-state index is 0.137. The van der Waals surface area contributed by atoms with Crippen LogP contribution in [0.3, 0.4) is 0 Å². The highest BCUT2D eigenvalue weighted by Gasteiger charge is 2.16. The van der Waals surface area contributed by atoms with E-state index in [1.54, 1.807) is 30.4 Å². The summed E-state index contributed by atoms with van der Waals surface area (Å²) in [6.45, 7) is 2.34. The molecule has 0 unspecified atom stereocenters. The van der Waals surface area contributed by atoms with E-state index in [-0.39, 0.29) is 5.91 Å². The van der Waals surface area contributed by atoms with Crippen molar-refractivity contribution in [3.05, 3.63) is 53.6 Å². The lowest BCUT2D eigenvalue weighted by atomic mass is 10.1. The van der Waals surface area contributed by atoms with Crippen molar-refractivity contribution in [2.24, 2.45) is 5.84 Å². The van der Waals surface area contributed by atoms with Gasteiger partial charge in [-0.2, -0.15) is 0 Å². The Morgan fingerprint density at radius 2 is 2.10 bits per heavy atom. The van der Waals surface area contributed by atoms with Crippen molar-refractivity contribution in [2.75, 3.05) is 12.5 Å². The number of rotatable bonds is 4. The number of aryl methyl sites for hydroxylation is 1. The van der Waals surface area contributed by atoms with Gasteiger partial charge in [0.2, 0.25) is 0 Å². The molecular formula is C14H17N5O. The molecule has 2 heterocycles. The molecule has 3 N–H and O–H groups in total. The molecule has 0 fully saturated rings. The Labute approximate surface area is 117 Å². The van der Waals surface area contributed by atoms with E-state index in [0.717, 1.165) is 11.3 Å². The molecule has 6 nitrogen and oxygen atoms in total. The Morgan fingerprint density at radius 3 is 2.75 bits per heavy atom. The van der Waals surface area contributed by atoms with Gasteiger partial charge in [-0.05, 0) is 30.7 Å². The van der Waals surface area contributed by atoms with Gasteiger partial charge in [-0.25, -0.2) is 0 Å². The third-order valence-corrected chi connectivity index (χ3v) is 2.94. The van der Waals surface area contributed by atoms with Crippen LogP contribution >= 0.6 is 0 Å². The Bertz CT molecular complexity index is 600. The van der Waals surface area contributed by atoms with E-state index in [9.17, 15) is 4.79 Å². The van der Waals surface area contributed by atoms with E-state index in [0.29, 0.717) is 17.8 Å². The summed E-state index contributed by atoms with van der Waals surface area (Å²) in [6.07, 6.45) is 4.94. The van der Waals surface area contributed by atoms with Crippen LogP contribution in [0.25, 0.3) is 0 Å². The van der Waals surface area contributed by atoms with Gasteiger partial charge in [0.15, 0.2) is 0 Å². The Hall–Kier alpha value is -2.47. The van der Waals surface area contributed by atoms with Crippen LogP contribution in [-0.4, -0.2) is 27.8 Å². The van der Waals surface area contributed by atoms with Gasteiger partial charge in [0.05, 0.1) is 11.3 Å². The lowest BCUT2D eigenvalue weighted by molar-refractivity contribution is 0.0785. The SMILES string of the molecule is Cc1cc(NN)c(C(=O)N(C)Cc2ccncc2)cn1. The van der Waals surface area contributed by atoms with Gasteiger partial charge >= 0.3 is 0 Å². The number of carbonyl (C=O) groups excluding carboxylic acids is 1. The molecule has 0 spiro atoms. The first-order valence-corrected chi connectivity index (χ1v) is 6.19. The highest BCUT2D eigenvalue weighted by atomic mass is 16.2. The topological polar surface area (TPSA) is 84.1 Å². The van der Waals surface area contributed by atoms with Crippen LogP contribution in [0, 0.1) is 6.92 Å². The van der Waals surface area contributed by atoms with Crippen LogP contribution in [0.4, 0.5) is 5.69 Å². The van der Waals surface area contributed by atoms with Gasteiger partial charge in [-0.15, -0.1) is 0 Å². The van der Waals surface area contributed by atoms with Gasteiger partial charge < -0.3 is 10.3 Å². The number of hydrogen-bond donors (Lipinski definition) is 2. The lowest BCUT2D eigenvalue weighted by Gasteiger charge is -2.19. The summed E-state index contributed by atoms with van der Waals surface area (Å²) in [5.41, 5.74) is 5.37. The second-order valence-corrected chi connectivity index (χ2v) is 4.53. The second-order valence-electron chi connectivity index (χ2n) is 4.53. The monoisotopic (exact) mass is 271 g/mol. The summed E-state index contributed by atoms with van der Waals surface area (Å²) in [7, 11) is 1.74. The fraction of sp³-hybridized carbons (Fsp3) is 0.214. The van der Waals surface area contributed by atoms with Crippen molar-refractivity contribution in [3.8, 4) is 0 Å². The molecule has 2 aromatic heterocycles. The number of pyridine rings is 2. The fourth-order valence-corrected chi connectivity index (χ4v) is 1.89. The summed E-state index contributed by atoms with van der Waals surface area (Å²) in [5.74, 6) is 5.32. The van der Waals surface area contributed by atoms with E-state index in [1.165, 1.54) is 6.20 Å². The third-order valence-electron chi connectivity index (χ3n) is 2.94. The maximum absolute atomic E-state index is 12.4. The Morgan fingerprint density at radius 1 is 1.40 bits per heavy atom. The Balaban J connectivity index is 2.18. The lowest BCUT2D eigenvalue weighted by Crippen LogP contribution is -2.27. The molecule has 0 aliphatic heterocycles. The molecule has 0 saturated carbocycles. The molecule has 6 heteroatoms. The average molecular weight is 271 g/mol. The first-order chi connectivity index (χ1) is 9.61. The predicted octanol–water partition coefficient (Wildman–Crippen LogP) is 1.34. The normalized spacial score (nSPS) is 10.2. The van der Waals surface area contributed by atoms with E-state index < -0.39 is 0 Å². The van der Waals surface area contributed by atoms with Gasteiger partial charge in [-0.1, -0.05) is 0 Å². The fourth-order valence-electron chi connectivity index (χ4n) is 1.89. The van der Waals surface area contributed by atoms with Gasteiger partial charge in [0.1, 0.15) is 0 Å². The minimum atomic E-state index is -0.137. The number of anilines is 1. The van der Waals surface area contributed by atoms with Crippen LogP contribution in [-0.2, 0) is 6.54 Å². The van der Waals surface area contributed by atoms with Crippen LogP contribution in [0.1, 0.15) is 21.6 Å². The summed E-state index contributed by atoms with van der Waals surface area (Å²) in [5, 5.41) is 0. The number of carbonyl (C=O) groups is 1. The largest absolute Gasteiger partial charge is 0.337 e. The van der Waals surface area contributed by atoms with Crippen LogP contribution in [0.5, 0.6) is 0 Å². The summed E-state index contributed by atoms with van der Waals surface area (Å²) in [4.78, 5) is 22.1. The first kappa shape index (κ1) is 14.0. The van der Waals surface area contributed by atoms with Crippen LogP contribution < -0.4 is 11.3 Å². The van der Waals surface area contributed by atoms with Crippen molar-refractivity contribution in [1.29, 1.82) is 0 Å². The highest BCUT2D eigenvalue weighted by molar-refractivity contribution is 5.99. The number of nitrogens with one attached hydrogen (secondary N) is 1. The van der Waals surface area contributed by atoms with Crippen LogP contribution in [0.15, 0.2) is 36.8 Å². The van der Waals surface area contributed by atoms with Gasteiger partial charge in [0, 0.05) is 37.9 Å². The highest BCUT2D eigenvalue weighted by Crippen LogP contribution is 2.17. The van der Waals surface area contributed by atoms with Crippen molar-refractivity contribution in [3.63, 3.8) is 0 Å². The molecule has 0 aliphatic carbocycles. The number of nitrogen functional groups attached to an aromatic ring is 1. The molecular weight excluding hydrogens is 254 g/mol. The zero-order valence-electron chi connectivity index (χ0n) is 11.5. The molecule has 1 amide bonds. The van der Waals surface area contributed by atoms with E-state index in [4.69, 9.17) is 5.84 Å². The van der Waals surface area contributed by atoms with Gasteiger partial charge in [0.25, 0.3) is 5.91 Å². The van der Waals surface area contributed by atoms with Crippen molar-refractivity contribution in [1.82, 2.24) is 14.9 Å². The zero-order chi connectivity index (χ0) is 14.5. The van der Waals surface area contributed by atoms with E-state index >= 15 is 0 Å². The quantitative estimate of drug-likeness (QED) is 0.647. The maximum Gasteiger partial charge on any atom is 0.257 e. The van der Waals surface area contributed by atoms with E-state index in [2.05, 4.69) is 15.4 Å². The molecule has 0 radical (unpaired) electrons. The maximum atomic E-state index is 12.4. The van der Waals surface area contributed by atoms with Crippen molar-refractivity contribution in [2.45, 2.75) is 13.5 Å². The van der Waals surface area contributed by atoms with Gasteiger partial charge in [-0.3, -0.25) is 20.6 Å². The third kappa shape index (κ3) is 3.10. The van der Waals surface area contributed by atoms with Crippen molar-refractivity contribution < 1.29 is 4.79 Å². The number of hydrogen-bond acceptors (Lipinski definition) is 5. The smallest absolute Gasteiger partial charge is 0.257 e. The number of aromatic nitrogens is 2. The molecule has 0 bridgehead atoms.